The summed E-state index contributed by atoms with van der Waals surface area (Å²) in [5, 5.41) is 3.30. The number of carbonyl (C=O) groups is 1. The van der Waals surface area contributed by atoms with E-state index in [-0.39, 0.29) is 36.4 Å². The third kappa shape index (κ3) is 7.82. The molecule has 0 aliphatic carbocycles. The van der Waals surface area contributed by atoms with Crippen LogP contribution < -0.4 is 14.8 Å². The van der Waals surface area contributed by atoms with Gasteiger partial charge in [0.2, 0.25) is 5.91 Å². The van der Waals surface area contributed by atoms with Gasteiger partial charge in [-0.15, -0.1) is 24.0 Å². The van der Waals surface area contributed by atoms with Crippen LogP contribution in [0.15, 0.2) is 17.1 Å². The Hall–Kier alpha value is -1.71. The fraction of sp³-hybridized carbons (Fsp3) is 0.579. The Balaban J connectivity index is 0.00000676. The number of aliphatic imine (C=N–C) groups is 1. The number of benzene rings is 1. The van der Waals surface area contributed by atoms with E-state index in [2.05, 4.69) is 17.2 Å². The summed E-state index contributed by atoms with van der Waals surface area (Å²) < 4.78 is 10.8. The highest BCUT2D eigenvalue weighted by Gasteiger charge is 2.13. The Morgan fingerprint density at radius 1 is 1.15 bits per heavy atom. The zero-order valence-electron chi connectivity index (χ0n) is 17.5. The van der Waals surface area contributed by atoms with Crippen molar-refractivity contribution in [2.45, 2.75) is 26.8 Å². The Kier molecular flexibility index (Phi) is 11.8. The van der Waals surface area contributed by atoms with Gasteiger partial charge in [-0.1, -0.05) is 6.92 Å². The van der Waals surface area contributed by atoms with Gasteiger partial charge in [0.05, 0.1) is 14.2 Å². The average Bonchev–Trinajstić information content (AvgIpc) is 2.62. The minimum atomic E-state index is -0.0310. The van der Waals surface area contributed by atoms with Crippen molar-refractivity contribution in [3.8, 4) is 11.5 Å². The van der Waals surface area contributed by atoms with Gasteiger partial charge in [-0.25, -0.2) is 4.99 Å². The maximum atomic E-state index is 11.9. The van der Waals surface area contributed by atoms with Crippen LogP contribution >= 0.6 is 24.0 Å². The van der Waals surface area contributed by atoms with Crippen molar-refractivity contribution >= 4 is 35.8 Å². The first-order valence-corrected chi connectivity index (χ1v) is 8.75. The van der Waals surface area contributed by atoms with Crippen LogP contribution in [0.5, 0.6) is 11.5 Å². The number of ether oxygens (including phenoxy) is 2. The summed E-state index contributed by atoms with van der Waals surface area (Å²) in [4.78, 5) is 19.9. The minimum Gasteiger partial charge on any atom is -0.493 e. The van der Waals surface area contributed by atoms with Crippen molar-refractivity contribution < 1.29 is 14.3 Å². The minimum absolute atomic E-state index is 0. The molecule has 0 unspecified atom stereocenters. The molecule has 0 radical (unpaired) electrons. The molecule has 0 saturated carbocycles. The van der Waals surface area contributed by atoms with E-state index in [1.165, 1.54) is 0 Å². The van der Waals surface area contributed by atoms with Crippen molar-refractivity contribution in [3.63, 3.8) is 0 Å². The van der Waals surface area contributed by atoms with Crippen molar-refractivity contribution in [2.24, 2.45) is 4.99 Å². The summed E-state index contributed by atoms with van der Waals surface area (Å²) >= 11 is 0. The van der Waals surface area contributed by atoms with E-state index >= 15 is 0 Å². The first kappa shape index (κ1) is 25.3. The predicted octanol–water partition coefficient (Wildman–Crippen LogP) is 2.51. The number of rotatable bonds is 8. The molecule has 0 atom stereocenters. The highest BCUT2D eigenvalue weighted by molar-refractivity contribution is 14.0. The van der Waals surface area contributed by atoms with Crippen LogP contribution in [0.2, 0.25) is 0 Å². The molecule has 7 nitrogen and oxygen atoms in total. The SMILES string of the molecule is CCCNC(=NCC(=O)N(C)C)N(C)Cc1cc(OC)c(OC)cc1C.I. The second-order valence-electron chi connectivity index (χ2n) is 6.34. The molecule has 0 bridgehead atoms. The van der Waals surface area contributed by atoms with E-state index in [0.29, 0.717) is 24.0 Å². The van der Waals surface area contributed by atoms with Gasteiger partial charge in [0, 0.05) is 34.2 Å². The Morgan fingerprint density at radius 2 is 1.74 bits per heavy atom. The lowest BCUT2D eigenvalue weighted by atomic mass is 10.1. The largest absolute Gasteiger partial charge is 0.493 e. The first-order chi connectivity index (χ1) is 12.3. The van der Waals surface area contributed by atoms with Crippen LogP contribution in [0.1, 0.15) is 24.5 Å². The summed E-state index contributed by atoms with van der Waals surface area (Å²) in [5.41, 5.74) is 2.21. The number of likely N-dealkylation sites (N-methyl/N-ethyl adjacent to an activating group) is 1. The molecule has 0 aliphatic rings. The van der Waals surface area contributed by atoms with Crippen LogP contribution in [0.3, 0.4) is 0 Å². The second kappa shape index (κ2) is 12.6. The van der Waals surface area contributed by atoms with Gasteiger partial charge < -0.3 is 24.6 Å². The smallest absolute Gasteiger partial charge is 0.243 e. The molecule has 0 aromatic heterocycles. The van der Waals surface area contributed by atoms with E-state index in [1.54, 1.807) is 33.2 Å². The normalized spacial score (nSPS) is 10.7. The Bertz CT molecular complexity index is 636. The molecule has 0 spiro atoms. The number of halogens is 1. The standard InChI is InChI=1S/C19H32N4O3.HI/c1-8-9-20-19(21-12-18(24)22(3)4)23(5)13-15-11-17(26-7)16(25-6)10-14(15)2;/h10-11H,8-9,12-13H2,1-7H3,(H,20,21);1H. The Labute approximate surface area is 180 Å². The molecule has 8 heteroatoms. The van der Waals surface area contributed by atoms with Crippen LogP contribution in [-0.2, 0) is 11.3 Å². The average molecular weight is 492 g/mol. The molecule has 27 heavy (non-hydrogen) atoms. The molecular weight excluding hydrogens is 459 g/mol. The molecule has 1 aromatic carbocycles. The van der Waals surface area contributed by atoms with E-state index in [1.807, 2.05) is 31.0 Å². The van der Waals surface area contributed by atoms with Crippen LogP contribution in [0, 0.1) is 6.92 Å². The monoisotopic (exact) mass is 492 g/mol. The topological polar surface area (TPSA) is 66.4 Å². The number of hydrogen-bond acceptors (Lipinski definition) is 4. The molecule has 0 aliphatic heterocycles. The quantitative estimate of drug-likeness (QED) is 0.343. The molecular formula is C19H33IN4O3. The number of guanidine groups is 1. The number of methoxy groups -OCH3 is 2. The summed E-state index contributed by atoms with van der Waals surface area (Å²) in [6.07, 6.45) is 0.976. The van der Waals surface area contributed by atoms with Gasteiger partial charge in [-0.3, -0.25) is 4.79 Å². The fourth-order valence-corrected chi connectivity index (χ4v) is 2.36. The lowest BCUT2D eigenvalue weighted by molar-refractivity contribution is -0.127. The van der Waals surface area contributed by atoms with Crippen molar-refractivity contribution in [3.05, 3.63) is 23.3 Å². The van der Waals surface area contributed by atoms with Gasteiger partial charge in [0.1, 0.15) is 6.54 Å². The Morgan fingerprint density at radius 3 is 2.26 bits per heavy atom. The molecule has 0 fully saturated rings. The maximum absolute atomic E-state index is 11.9. The fourth-order valence-electron chi connectivity index (χ4n) is 2.36. The molecule has 1 amide bonds. The number of amides is 1. The van der Waals surface area contributed by atoms with E-state index in [9.17, 15) is 4.79 Å². The summed E-state index contributed by atoms with van der Waals surface area (Å²) in [6, 6.07) is 3.95. The summed E-state index contributed by atoms with van der Waals surface area (Å²) in [7, 11) is 8.67. The summed E-state index contributed by atoms with van der Waals surface area (Å²) in [5.74, 6) is 2.09. The molecule has 0 heterocycles. The lowest BCUT2D eigenvalue weighted by Crippen LogP contribution is -2.40. The van der Waals surface area contributed by atoms with E-state index in [0.717, 1.165) is 24.1 Å². The number of carbonyl (C=O) groups excluding carboxylic acids is 1. The van der Waals surface area contributed by atoms with Crippen molar-refractivity contribution in [1.82, 2.24) is 15.1 Å². The number of hydrogen-bond donors (Lipinski definition) is 1. The number of nitrogens with zero attached hydrogens (tertiary/aromatic N) is 3. The second-order valence-corrected chi connectivity index (χ2v) is 6.34. The predicted molar refractivity (Wildman–Crippen MR) is 120 cm³/mol. The number of aryl methyl sites for hydroxylation is 1. The molecule has 1 aromatic rings. The van der Waals surface area contributed by atoms with Gasteiger partial charge in [-0.2, -0.15) is 0 Å². The lowest BCUT2D eigenvalue weighted by Gasteiger charge is -2.24. The van der Waals surface area contributed by atoms with Crippen molar-refractivity contribution in [1.29, 1.82) is 0 Å². The third-order valence-electron chi connectivity index (χ3n) is 4.01. The highest BCUT2D eigenvalue weighted by Crippen LogP contribution is 2.30. The molecule has 1 rings (SSSR count). The molecule has 154 valence electrons. The van der Waals surface area contributed by atoms with Crippen molar-refractivity contribution in [2.75, 3.05) is 48.5 Å². The zero-order chi connectivity index (χ0) is 19.7. The third-order valence-corrected chi connectivity index (χ3v) is 4.01. The zero-order valence-corrected chi connectivity index (χ0v) is 19.8. The van der Waals surface area contributed by atoms with Gasteiger partial charge in [-0.05, 0) is 36.6 Å². The molecule has 1 N–H and O–H groups in total. The van der Waals surface area contributed by atoms with Gasteiger partial charge >= 0.3 is 0 Å². The maximum Gasteiger partial charge on any atom is 0.243 e. The van der Waals surface area contributed by atoms with E-state index < -0.39 is 0 Å². The van der Waals surface area contributed by atoms with Gasteiger partial charge in [0.25, 0.3) is 0 Å². The van der Waals surface area contributed by atoms with Crippen LogP contribution in [0.25, 0.3) is 0 Å². The number of nitrogens with one attached hydrogen (secondary N) is 1. The first-order valence-electron chi connectivity index (χ1n) is 8.75. The van der Waals surface area contributed by atoms with Gasteiger partial charge in [0.15, 0.2) is 17.5 Å². The highest BCUT2D eigenvalue weighted by atomic mass is 127. The van der Waals surface area contributed by atoms with Crippen LogP contribution in [-0.4, -0.2) is 70.1 Å². The van der Waals surface area contributed by atoms with Crippen LogP contribution in [0.4, 0.5) is 0 Å². The van der Waals surface area contributed by atoms with E-state index in [4.69, 9.17) is 9.47 Å². The summed E-state index contributed by atoms with van der Waals surface area (Å²) in [6.45, 7) is 5.68. The molecule has 0 saturated heterocycles.